The molecular formula is C10H17N3OS. The van der Waals surface area contributed by atoms with Crippen LogP contribution in [0, 0.1) is 0 Å². The number of hydrogen-bond donors (Lipinski definition) is 1. The van der Waals surface area contributed by atoms with Gasteiger partial charge in [-0.15, -0.1) is 0 Å². The van der Waals surface area contributed by atoms with Crippen LogP contribution in [-0.4, -0.2) is 27.1 Å². The maximum absolute atomic E-state index is 11.6. The summed E-state index contributed by atoms with van der Waals surface area (Å²) in [6.45, 7) is 4.17. The fourth-order valence-corrected chi connectivity index (χ4v) is 1.84. The zero-order valence-corrected chi connectivity index (χ0v) is 10.2. The highest BCUT2D eigenvalue weighted by atomic mass is 32.2. The van der Waals surface area contributed by atoms with Gasteiger partial charge < -0.3 is 9.88 Å². The molecule has 1 rings (SSSR count). The first kappa shape index (κ1) is 12.1. The maximum Gasteiger partial charge on any atom is 0.293 e. The van der Waals surface area contributed by atoms with Gasteiger partial charge in [0, 0.05) is 31.2 Å². The average Bonchev–Trinajstić information content (AvgIpc) is 2.22. The SMILES string of the molecule is CCSCC(C)Nc1nccn(C)c1=O. The number of hydrogen-bond acceptors (Lipinski definition) is 4. The molecule has 0 aliphatic carbocycles. The van der Waals surface area contributed by atoms with Crippen molar-refractivity contribution in [1.82, 2.24) is 9.55 Å². The summed E-state index contributed by atoms with van der Waals surface area (Å²) in [5.41, 5.74) is -0.0779. The lowest BCUT2D eigenvalue weighted by Crippen LogP contribution is -2.27. The monoisotopic (exact) mass is 227 g/mol. The van der Waals surface area contributed by atoms with Crippen molar-refractivity contribution in [2.75, 3.05) is 16.8 Å². The Kier molecular flexibility index (Phi) is 4.68. The molecule has 0 saturated carbocycles. The summed E-state index contributed by atoms with van der Waals surface area (Å²) in [6, 6.07) is 0.262. The summed E-state index contributed by atoms with van der Waals surface area (Å²) >= 11 is 1.85. The van der Waals surface area contributed by atoms with Crippen LogP contribution in [0.5, 0.6) is 0 Å². The third-order valence-corrected chi connectivity index (χ3v) is 3.12. The lowest BCUT2D eigenvalue weighted by atomic mass is 10.4. The molecular weight excluding hydrogens is 210 g/mol. The number of nitrogens with zero attached hydrogens (tertiary/aromatic N) is 2. The molecule has 0 fully saturated rings. The summed E-state index contributed by atoms with van der Waals surface area (Å²) < 4.78 is 1.52. The molecule has 1 aromatic heterocycles. The molecule has 1 atom stereocenters. The van der Waals surface area contributed by atoms with Gasteiger partial charge >= 0.3 is 0 Å². The number of aromatic nitrogens is 2. The number of nitrogens with one attached hydrogen (secondary N) is 1. The second-order valence-corrected chi connectivity index (χ2v) is 4.72. The van der Waals surface area contributed by atoms with Gasteiger partial charge in [0.1, 0.15) is 0 Å². The van der Waals surface area contributed by atoms with Crippen molar-refractivity contribution in [2.24, 2.45) is 7.05 Å². The van der Waals surface area contributed by atoms with Crippen molar-refractivity contribution >= 4 is 17.6 Å². The normalized spacial score (nSPS) is 12.5. The second-order valence-electron chi connectivity index (χ2n) is 3.40. The van der Waals surface area contributed by atoms with Crippen LogP contribution in [0.1, 0.15) is 13.8 Å². The first-order chi connectivity index (χ1) is 7.15. The van der Waals surface area contributed by atoms with E-state index in [2.05, 4.69) is 24.1 Å². The Morgan fingerprint density at radius 3 is 3.07 bits per heavy atom. The zero-order valence-electron chi connectivity index (χ0n) is 9.36. The highest BCUT2D eigenvalue weighted by Gasteiger charge is 2.06. The van der Waals surface area contributed by atoms with Crippen molar-refractivity contribution in [3.05, 3.63) is 22.7 Å². The molecule has 1 aromatic rings. The Morgan fingerprint density at radius 1 is 1.67 bits per heavy atom. The topological polar surface area (TPSA) is 46.9 Å². The lowest BCUT2D eigenvalue weighted by molar-refractivity contribution is 0.821. The van der Waals surface area contributed by atoms with Crippen LogP contribution in [0.4, 0.5) is 5.82 Å². The smallest absolute Gasteiger partial charge is 0.293 e. The Bertz CT molecular complexity index is 364. The Morgan fingerprint density at radius 2 is 2.40 bits per heavy atom. The van der Waals surface area contributed by atoms with Crippen molar-refractivity contribution in [3.63, 3.8) is 0 Å². The largest absolute Gasteiger partial charge is 0.362 e. The van der Waals surface area contributed by atoms with Gasteiger partial charge in [-0.2, -0.15) is 11.8 Å². The summed E-state index contributed by atoms with van der Waals surface area (Å²) in [4.78, 5) is 15.6. The first-order valence-corrected chi connectivity index (χ1v) is 6.16. The van der Waals surface area contributed by atoms with Gasteiger partial charge in [-0.05, 0) is 12.7 Å². The summed E-state index contributed by atoms with van der Waals surface area (Å²) in [5, 5.41) is 3.12. The van der Waals surface area contributed by atoms with Crippen molar-refractivity contribution < 1.29 is 0 Å². The van der Waals surface area contributed by atoms with E-state index < -0.39 is 0 Å². The molecule has 15 heavy (non-hydrogen) atoms. The van der Waals surface area contributed by atoms with E-state index in [1.165, 1.54) is 4.57 Å². The van der Waals surface area contributed by atoms with Crippen molar-refractivity contribution in [2.45, 2.75) is 19.9 Å². The van der Waals surface area contributed by atoms with Crippen LogP contribution >= 0.6 is 11.8 Å². The van der Waals surface area contributed by atoms with E-state index >= 15 is 0 Å². The van der Waals surface area contributed by atoms with Crippen LogP contribution in [-0.2, 0) is 7.05 Å². The molecule has 0 spiro atoms. The van der Waals surface area contributed by atoms with Crippen LogP contribution in [0.2, 0.25) is 0 Å². The average molecular weight is 227 g/mol. The van der Waals surface area contributed by atoms with Crippen LogP contribution in [0.15, 0.2) is 17.2 Å². The van der Waals surface area contributed by atoms with Gasteiger partial charge in [0.05, 0.1) is 0 Å². The van der Waals surface area contributed by atoms with E-state index in [0.29, 0.717) is 5.82 Å². The summed E-state index contributed by atoms with van der Waals surface area (Å²) in [6.07, 6.45) is 3.28. The van der Waals surface area contributed by atoms with Crippen molar-refractivity contribution in [1.29, 1.82) is 0 Å². The summed E-state index contributed by atoms with van der Waals surface area (Å²) in [5.74, 6) is 2.51. The molecule has 1 unspecified atom stereocenters. The molecule has 1 heterocycles. The number of aryl methyl sites for hydroxylation is 1. The Balaban J connectivity index is 2.64. The second kappa shape index (κ2) is 5.80. The Labute approximate surface area is 94.1 Å². The third-order valence-electron chi connectivity index (χ3n) is 1.97. The van der Waals surface area contributed by atoms with Gasteiger partial charge in [0.25, 0.3) is 5.56 Å². The molecule has 5 heteroatoms. The van der Waals surface area contributed by atoms with Gasteiger partial charge in [-0.3, -0.25) is 4.79 Å². The molecule has 1 N–H and O–H groups in total. The molecule has 4 nitrogen and oxygen atoms in total. The van der Waals surface area contributed by atoms with E-state index in [4.69, 9.17) is 0 Å². The number of anilines is 1. The molecule has 0 saturated heterocycles. The molecule has 0 aromatic carbocycles. The molecule has 0 amide bonds. The van der Waals surface area contributed by atoms with Crippen LogP contribution in [0.3, 0.4) is 0 Å². The van der Waals surface area contributed by atoms with Gasteiger partial charge in [-0.1, -0.05) is 6.92 Å². The quantitative estimate of drug-likeness (QED) is 0.824. The fraction of sp³-hybridized carbons (Fsp3) is 0.600. The molecule has 0 radical (unpaired) electrons. The van der Waals surface area contributed by atoms with Crippen LogP contribution in [0.25, 0.3) is 0 Å². The van der Waals surface area contributed by atoms with Crippen LogP contribution < -0.4 is 10.9 Å². The van der Waals surface area contributed by atoms with E-state index in [1.54, 1.807) is 19.4 Å². The first-order valence-electron chi connectivity index (χ1n) is 5.01. The highest BCUT2D eigenvalue weighted by Crippen LogP contribution is 2.04. The highest BCUT2D eigenvalue weighted by molar-refractivity contribution is 7.99. The zero-order chi connectivity index (χ0) is 11.3. The third kappa shape index (κ3) is 3.58. The summed E-state index contributed by atoms with van der Waals surface area (Å²) in [7, 11) is 1.72. The van der Waals surface area contributed by atoms with Gasteiger partial charge in [0.2, 0.25) is 0 Å². The van der Waals surface area contributed by atoms with Gasteiger partial charge in [0.15, 0.2) is 5.82 Å². The van der Waals surface area contributed by atoms with E-state index in [9.17, 15) is 4.79 Å². The molecule has 0 aliphatic rings. The predicted molar refractivity (Wildman–Crippen MR) is 65.6 cm³/mol. The number of thioether (sulfide) groups is 1. The lowest BCUT2D eigenvalue weighted by Gasteiger charge is -2.13. The molecule has 0 bridgehead atoms. The van der Waals surface area contributed by atoms with Crippen molar-refractivity contribution in [3.8, 4) is 0 Å². The minimum absolute atomic E-state index is 0.0779. The maximum atomic E-state index is 11.6. The minimum Gasteiger partial charge on any atom is -0.362 e. The van der Waals surface area contributed by atoms with Gasteiger partial charge in [-0.25, -0.2) is 4.98 Å². The standard InChI is InChI=1S/C10H17N3OS/c1-4-15-7-8(2)12-9-10(14)13(3)6-5-11-9/h5-6,8H,4,7H2,1-3H3,(H,11,12). The fourth-order valence-electron chi connectivity index (χ4n) is 1.17. The minimum atomic E-state index is -0.0779. The number of rotatable bonds is 5. The van der Waals surface area contributed by atoms with E-state index in [0.717, 1.165) is 11.5 Å². The molecule has 0 aliphatic heterocycles. The molecule has 84 valence electrons. The van der Waals surface area contributed by atoms with E-state index in [1.807, 2.05) is 11.8 Å². The van der Waals surface area contributed by atoms with E-state index in [-0.39, 0.29) is 11.6 Å². The predicted octanol–water partition coefficient (Wildman–Crippen LogP) is 1.33. The Hall–Kier alpha value is -0.970.